The Balaban J connectivity index is 2.26. The lowest BCUT2D eigenvalue weighted by Gasteiger charge is -2.04. The van der Waals surface area contributed by atoms with Gasteiger partial charge in [-0.3, -0.25) is 10.1 Å². The first-order valence-corrected chi connectivity index (χ1v) is 5.64. The van der Waals surface area contributed by atoms with Crippen LogP contribution in [0.2, 0.25) is 5.28 Å². The molecule has 0 unspecified atom stereocenters. The van der Waals surface area contributed by atoms with Crippen LogP contribution in [0.15, 0.2) is 12.3 Å². The maximum absolute atomic E-state index is 13.4. The van der Waals surface area contributed by atoms with Gasteiger partial charge in [0.25, 0.3) is 5.91 Å². The zero-order valence-corrected chi connectivity index (χ0v) is 10.1. The fraction of sp³-hybridized carbons (Fsp3) is 0.111. The van der Waals surface area contributed by atoms with Gasteiger partial charge >= 0.3 is 0 Å². The molecule has 0 fully saturated rings. The Kier molecular flexibility index (Phi) is 3.30. The van der Waals surface area contributed by atoms with Gasteiger partial charge in [0, 0.05) is 17.7 Å². The van der Waals surface area contributed by atoms with Crippen LogP contribution in [-0.4, -0.2) is 20.2 Å². The van der Waals surface area contributed by atoms with Gasteiger partial charge < -0.3 is 0 Å². The molecule has 0 radical (unpaired) electrons. The zero-order chi connectivity index (χ0) is 12.4. The van der Waals surface area contributed by atoms with Crippen molar-refractivity contribution in [2.45, 2.75) is 6.92 Å². The maximum Gasteiger partial charge on any atom is 0.262 e. The van der Waals surface area contributed by atoms with Crippen LogP contribution in [0.25, 0.3) is 0 Å². The van der Waals surface area contributed by atoms with Crippen molar-refractivity contribution in [1.82, 2.24) is 14.3 Å². The molecule has 0 saturated carbocycles. The van der Waals surface area contributed by atoms with E-state index in [1.54, 1.807) is 13.0 Å². The number of rotatable bonds is 2. The fourth-order valence-electron chi connectivity index (χ4n) is 1.21. The van der Waals surface area contributed by atoms with E-state index in [4.69, 9.17) is 11.6 Å². The molecule has 2 rings (SSSR count). The lowest BCUT2D eigenvalue weighted by Crippen LogP contribution is -2.16. The summed E-state index contributed by atoms with van der Waals surface area (Å²) in [5.74, 6) is -1.45. The first kappa shape index (κ1) is 11.9. The monoisotopic (exact) mass is 272 g/mol. The normalized spacial score (nSPS) is 10.3. The Morgan fingerprint density at radius 1 is 1.59 bits per heavy atom. The second kappa shape index (κ2) is 4.72. The van der Waals surface area contributed by atoms with Gasteiger partial charge in [-0.2, -0.15) is 13.7 Å². The number of amides is 1. The fourth-order valence-corrected chi connectivity index (χ4v) is 1.92. The smallest absolute Gasteiger partial charge is 0.262 e. The maximum atomic E-state index is 13.4. The number of halogens is 2. The van der Waals surface area contributed by atoms with Crippen LogP contribution in [0.4, 0.5) is 9.52 Å². The van der Waals surface area contributed by atoms with Crippen LogP contribution >= 0.6 is 23.1 Å². The van der Waals surface area contributed by atoms with Gasteiger partial charge in [0.2, 0.25) is 16.4 Å². The SMILES string of the molecule is Cc1ccnc(F)c1C(=O)Nc1nc(Cl)ns1. The first-order chi connectivity index (χ1) is 8.08. The third-order valence-corrected chi connectivity index (χ3v) is 2.86. The molecule has 1 amide bonds. The highest BCUT2D eigenvalue weighted by molar-refractivity contribution is 7.10. The number of carbonyl (C=O) groups excluding carboxylic acids is 1. The molecule has 1 N–H and O–H groups in total. The van der Waals surface area contributed by atoms with Crippen molar-refractivity contribution >= 4 is 34.2 Å². The number of hydrogen-bond donors (Lipinski definition) is 1. The molecule has 0 saturated heterocycles. The number of aromatic nitrogens is 3. The van der Waals surface area contributed by atoms with Crippen LogP contribution in [-0.2, 0) is 0 Å². The Morgan fingerprint density at radius 3 is 2.94 bits per heavy atom. The van der Waals surface area contributed by atoms with Crippen LogP contribution in [0, 0.1) is 12.9 Å². The average molecular weight is 273 g/mol. The summed E-state index contributed by atoms with van der Waals surface area (Å²) in [4.78, 5) is 18.9. The Hall–Kier alpha value is -1.60. The van der Waals surface area contributed by atoms with Crippen molar-refractivity contribution in [3.63, 3.8) is 0 Å². The molecule has 0 aliphatic carbocycles. The lowest BCUT2D eigenvalue weighted by atomic mass is 10.1. The van der Waals surface area contributed by atoms with Crippen LogP contribution in [0.3, 0.4) is 0 Å². The molecule has 0 spiro atoms. The highest BCUT2D eigenvalue weighted by Gasteiger charge is 2.17. The standard InChI is InChI=1S/C9H6ClFN4OS/c1-4-2-3-12-6(11)5(4)7(16)13-9-14-8(10)15-17-9/h2-3H,1H3,(H,13,14,15,16). The van der Waals surface area contributed by atoms with Crippen molar-refractivity contribution in [3.8, 4) is 0 Å². The number of pyridine rings is 1. The molecule has 88 valence electrons. The highest BCUT2D eigenvalue weighted by atomic mass is 35.5. The van der Waals surface area contributed by atoms with Crippen LogP contribution in [0.1, 0.15) is 15.9 Å². The van der Waals surface area contributed by atoms with Gasteiger partial charge in [0.05, 0.1) is 5.56 Å². The van der Waals surface area contributed by atoms with E-state index in [0.717, 1.165) is 11.5 Å². The molecule has 0 aliphatic rings. The van der Waals surface area contributed by atoms with Gasteiger partial charge in [-0.25, -0.2) is 4.98 Å². The minimum Gasteiger partial charge on any atom is -0.296 e. The second-order valence-corrected chi connectivity index (χ2v) is 4.21. The van der Waals surface area contributed by atoms with E-state index >= 15 is 0 Å². The number of hydrogen-bond acceptors (Lipinski definition) is 5. The van der Waals surface area contributed by atoms with Gasteiger partial charge in [-0.15, -0.1) is 0 Å². The third-order valence-electron chi connectivity index (χ3n) is 1.96. The molecule has 0 aliphatic heterocycles. The quantitative estimate of drug-likeness (QED) is 0.852. The zero-order valence-electron chi connectivity index (χ0n) is 8.57. The Labute approximate surface area is 105 Å². The minimum atomic E-state index is -0.821. The molecule has 2 heterocycles. The molecule has 8 heteroatoms. The number of aryl methyl sites for hydroxylation is 1. The molecule has 5 nitrogen and oxygen atoms in total. The van der Waals surface area contributed by atoms with Crippen LogP contribution < -0.4 is 5.32 Å². The van der Waals surface area contributed by atoms with E-state index in [-0.39, 0.29) is 16.0 Å². The number of carbonyl (C=O) groups is 1. The second-order valence-electron chi connectivity index (χ2n) is 3.12. The number of anilines is 1. The van der Waals surface area contributed by atoms with Crippen LogP contribution in [0.5, 0.6) is 0 Å². The molecule has 17 heavy (non-hydrogen) atoms. The van der Waals surface area contributed by atoms with E-state index in [1.807, 2.05) is 0 Å². The van der Waals surface area contributed by atoms with E-state index in [9.17, 15) is 9.18 Å². The molecule has 2 aromatic rings. The van der Waals surface area contributed by atoms with E-state index in [0.29, 0.717) is 5.56 Å². The average Bonchev–Trinajstić information content (AvgIpc) is 2.63. The van der Waals surface area contributed by atoms with Gasteiger partial charge in [0.1, 0.15) is 0 Å². The summed E-state index contributed by atoms with van der Waals surface area (Å²) in [5, 5.41) is 2.65. The minimum absolute atomic E-state index is 0.0358. The van der Waals surface area contributed by atoms with Gasteiger partial charge in [-0.1, -0.05) is 0 Å². The number of nitrogens with zero attached hydrogens (tertiary/aromatic N) is 3. The van der Waals surface area contributed by atoms with E-state index < -0.39 is 11.9 Å². The summed E-state index contributed by atoms with van der Waals surface area (Å²) >= 11 is 6.42. The van der Waals surface area contributed by atoms with Crippen molar-refractivity contribution in [2.75, 3.05) is 5.32 Å². The Morgan fingerprint density at radius 2 is 2.35 bits per heavy atom. The highest BCUT2D eigenvalue weighted by Crippen LogP contribution is 2.17. The summed E-state index contributed by atoms with van der Waals surface area (Å²) in [6, 6.07) is 1.55. The first-order valence-electron chi connectivity index (χ1n) is 4.49. The topological polar surface area (TPSA) is 67.8 Å². The molecule has 2 aromatic heterocycles. The molecular weight excluding hydrogens is 267 g/mol. The number of nitrogens with one attached hydrogen (secondary N) is 1. The molecule has 0 aromatic carbocycles. The molecular formula is C9H6ClFN4OS. The third kappa shape index (κ3) is 2.56. The largest absolute Gasteiger partial charge is 0.296 e. The summed E-state index contributed by atoms with van der Waals surface area (Å²) in [5.41, 5.74) is 0.379. The van der Waals surface area contributed by atoms with E-state index in [2.05, 4.69) is 19.7 Å². The molecule has 0 bridgehead atoms. The predicted molar refractivity (Wildman–Crippen MR) is 61.8 cm³/mol. The summed E-state index contributed by atoms with van der Waals surface area (Å²) in [7, 11) is 0. The van der Waals surface area contributed by atoms with Gasteiger partial charge in [-0.05, 0) is 30.2 Å². The lowest BCUT2D eigenvalue weighted by molar-refractivity contribution is 0.102. The van der Waals surface area contributed by atoms with Gasteiger partial charge in [0.15, 0.2) is 0 Å². The van der Waals surface area contributed by atoms with Crippen molar-refractivity contribution in [1.29, 1.82) is 0 Å². The molecule has 0 atom stereocenters. The summed E-state index contributed by atoms with van der Waals surface area (Å²) in [6.45, 7) is 1.62. The Bertz CT molecular complexity index is 554. The summed E-state index contributed by atoms with van der Waals surface area (Å²) in [6.07, 6.45) is 1.29. The van der Waals surface area contributed by atoms with Crippen molar-refractivity contribution in [2.24, 2.45) is 0 Å². The van der Waals surface area contributed by atoms with Crippen molar-refractivity contribution < 1.29 is 9.18 Å². The van der Waals surface area contributed by atoms with Crippen molar-refractivity contribution in [3.05, 3.63) is 34.6 Å². The summed E-state index contributed by atoms with van der Waals surface area (Å²) < 4.78 is 17.1. The predicted octanol–water partition coefficient (Wildman–Crippen LogP) is 2.29. The van der Waals surface area contributed by atoms with E-state index in [1.165, 1.54) is 6.20 Å².